The van der Waals surface area contributed by atoms with E-state index in [2.05, 4.69) is 88.1 Å². The number of aromatic nitrogens is 15. The van der Waals surface area contributed by atoms with Gasteiger partial charge in [0.15, 0.2) is 14.5 Å². The first-order valence-electron chi connectivity index (χ1n) is 26.3. The van der Waals surface area contributed by atoms with Crippen LogP contribution in [-0.4, -0.2) is 166 Å². The van der Waals surface area contributed by atoms with Crippen LogP contribution in [0.1, 0.15) is 31.1 Å². The van der Waals surface area contributed by atoms with Crippen molar-refractivity contribution in [1.82, 2.24) is 74.8 Å². The molecule has 480 valence electrons. The summed E-state index contributed by atoms with van der Waals surface area (Å²) in [6.45, 7) is 2.74. The van der Waals surface area contributed by atoms with Crippen molar-refractivity contribution in [2.24, 2.45) is 40.1 Å². The molecule has 0 unspecified atom stereocenters. The smallest absolute Gasteiger partial charge is 0.248 e. The molecule has 3 amide bonds. The Balaban J connectivity index is 0.000000281. The highest BCUT2D eigenvalue weighted by molar-refractivity contribution is 8.02. The quantitative estimate of drug-likeness (QED) is 0.0139. The van der Waals surface area contributed by atoms with Crippen molar-refractivity contribution >= 4 is 239 Å². The Labute approximate surface area is 589 Å². The van der Waals surface area contributed by atoms with E-state index >= 15 is 0 Å². The van der Waals surface area contributed by atoms with Gasteiger partial charge in [-0.3, -0.25) is 14.4 Å². The minimum atomic E-state index is -0.537. The summed E-state index contributed by atoms with van der Waals surface area (Å²) < 4.78 is 20.8. The van der Waals surface area contributed by atoms with E-state index in [1.807, 2.05) is 17.7 Å². The highest BCUT2D eigenvalue weighted by Crippen LogP contribution is 2.32. The summed E-state index contributed by atoms with van der Waals surface area (Å²) in [5.74, 6) is 3.18. The molecule has 0 aliphatic rings. The molecule has 0 bridgehead atoms. The molecule has 16 N–H and O–H groups in total. The number of hydrogen-bond donors (Lipinski definition) is 10. The van der Waals surface area contributed by atoms with Crippen molar-refractivity contribution in [3.8, 4) is 0 Å². The van der Waals surface area contributed by atoms with E-state index in [0.717, 1.165) is 33.2 Å². The van der Waals surface area contributed by atoms with Crippen LogP contribution in [0.5, 0.6) is 0 Å². The Morgan fingerprint density at radius 2 is 0.689 bits per heavy atom. The van der Waals surface area contributed by atoms with E-state index in [0.29, 0.717) is 104 Å². The molecule has 0 saturated heterocycles. The van der Waals surface area contributed by atoms with Gasteiger partial charge in [-0.1, -0.05) is 23.2 Å². The number of anilines is 2. The number of benzene rings is 3. The Morgan fingerprint density at radius 1 is 0.422 bits per heavy atom. The van der Waals surface area contributed by atoms with Gasteiger partial charge in [-0.05, 0) is 142 Å². The van der Waals surface area contributed by atoms with Crippen LogP contribution in [0.3, 0.4) is 0 Å². The zero-order valence-corrected chi connectivity index (χ0v) is 57.9. The molecular weight excluding hydrogens is 1470 g/mol. The zero-order valence-electron chi connectivity index (χ0n) is 49.1. The molecule has 42 heteroatoms. The summed E-state index contributed by atoms with van der Waals surface area (Å²) in [6.07, 6.45) is 1.97. The molecular formula is C48H51Cl9N24O3S6. The Hall–Kier alpha value is -4.73. The predicted molar refractivity (Wildman–Crippen MR) is 372 cm³/mol. The van der Waals surface area contributed by atoms with Gasteiger partial charge in [0.25, 0.3) is 0 Å². The molecule has 9 aromatic rings. The van der Waals surface area contributed by atoms with E-state index in [1.165, 1.54) is 47.4 Å². The average molecular weight is 1530 g/mol. The number of halogens is 9. The molecule has 0 aliphatic heterocycles. The number of primary amides is 3. The Kier molecular flexibility index (Phi) is 33.7. The molecule has 90 heavy (non-hydrogen) atoms. The molecule has 6 heterocycles. The largest absolute Gasteiger partial charge is 0.366 e. The van der Waals surface area contributed by atoms with Crippen LogP contribution in [0.15, 0.2) is 74.7 Å². The highest BCUT2D eigenvalue weighted by Gasteiger charge is 2.15. The SMILES string of the molecule is CSCN.Clc1nc(Cl)nc(Cl)n1.NCCS.[2H]NC(=O)c1ccc2nc(Cl)c(Cl)nc2c1.[2H]NC(=O)c1ccc2nc(SCCN)c(SCCN)nc2c1.[2H]NC(=O)c1ccc2nc(SCCNc3nc(Cl)nc(Cl)n3)c(SCCNc3nc(Cl)nc(Cl)n3)nc2c1. The van der Waals surface area contributed by atoms with E-state index in [-0.39, 0.29) is 59.2 Å². The minimum absolute atomic E-state index is 0.000000000000000444. The first-order valence-corrected chi connectivity index (χ1v) is 34.2. The van der Waals surface area contributed by atoms with Crippen molar-refractivity contribution < 1.29 is 18.6 Å². The van der Waals surface area contributed by atoms with E-state index in [1.54, 1.807) is 71.7 Å². The van der Waals surface area contributed by atoms with Crippen molar-refractivity contribution in [3.63, 3.8) is 0 Å². The molecule has 3 aromatic carbocycles. The number of thioether (sulfide) groups is 5. The van der Waals surface area contributed by atoms with Crippen molar-refractivity contribution in [3.05, 3.63) is 119 Å². The monoisotopic (exact) mass is 1520 g/mol. The summed E-state index contributed by atoms with van der Waals surface area (Å²) in [5.41, 5.74) is 31.0. The summed E-state index contributed by atoms with van der Waals surface area (Å²) in [6, 6.07) is 14.5. The van der Waals surface area contributed by atoms with Crippen LogP contribution >= 0.6 is 176 Å². The number of amides is 3. The number of carbonyl (C=O) groups is 3. The topological polar surface area (TPSA) is 451 Å². The first-order chi connectivity index (χ1) is 44.6. The second-order valence-electron chi connectivity index (χ2n) is 15.9. The van der Waals surface area contributed by atoms with Crippen molar-refractivity contribution in [2.45, 2.75) is 20.1 Å². The standard InChI is InChI=1S/C19H15Cl4N11OS2.C13H17N5OS2.C9H5Cl2N3O.C3Cl3N3.2C2H7NS/c20-14-29-15(21)32-18(31-14)25-3-5-36-12-13(28-10-7-8(11(24)35)1-2-9(10)27-12)37-6-4-26-19-33-16(22)30-17(23)34-19;14-3-5-20-12-13(21-6-4-15)18-10-7-8(11(16)19)1-2-9(10)17-12;10-7-8(11)14-6-3-4(9(12)15)1-2-5(6)13-7;4-1-7-2(5)9-3(6)8-1;1-4-2-3;3-1-2-4/h1-2,7H,3-6H2,(H2,24,35)(H,25,29,31,32)(H,26,30,33,34);1-2,7H,3-6,14-15H2,(H2,16,19);1-3H,(H2,12,15);;2-3H2,1H3;4H,1-3H2/i/hD3. The third-order valence-electron chi connectivity index (χ3n) is 9.55. The van der Waals surface area contributed by atoms with E-state index in [9.17, 15) is 14.4 Å². The average Bonchev–Trinajstić information content (AvgIpc) is 0.849. The lowest BCUT2D eigenvalue weighted by Crippen LogP contribution is -2.11. The maximum atomic E-state index is 11.9. The number of hydrogen-bond acceptors (Lipinski definition) is 30. The first kappa shape index (κ1) is 72.7. The second kappa shape index (κ2) is 41.8. The van der Waals surface area contributed by atoms with Crippen LogP contribution in [0.25, 0.3) is 33.1 Å². The van der Waals surface area contributed by atoms with E-state index < -0.39 is 17.7 Å². The highest BCUT2D eigenvalue weighted by atomic mass is 35.5. The van der Waals surface area contributed by atoms with Crippen LogP contribution < -0.4 is 50.7 Å². The number of thiol groups is 1. The summed E-state index contributed by atoms with van der Waals surface area (Å²) in [5, 5.41) is 9.21. The molecule has 27 nitrogen and oxygen atoms in total. The third-order valence-corrected chi connectivity index (χ3v) is 16.1. The number of fused-ring (bicyclic) bond motifs is 3. The summed E-state index contributed by atoms with van der Waals surface area (Å²) in [7, 11) is 0. The Bertz CT molecular complexity index is 3830. The maximum absolute atomic E-state index is 11.9. The fourth-order valence-corrected chi connectivity index (χ4v) is 11.0. The minimum Gasteiger partial charge on any atom is -0.366 e. The number of rotatable bonds is 21. The van der Waals surface area contributed by atoms with Crippen LogP contribution in [0.4, 0.5) is 11.9 Å². The van der Waals surface area contributed by atoms with Gasteiger partial charge in [0.1, 0.15) is 20.1 Å². The lowest BCUT2D eigenvalue weighted by Gasteiger charge is -2.11. The molecule has 0 spiro atoms. The van der Waals surface area contributed by atoms with Gasteiger partial charge >= 0.3 is 0 Å². The molecule has 0 atom stereocenters. The number of carbonyl (C=O) groups excluding carboxylic acids is 3. The molecule has 0 fully saturated rings. The van der Waals surface area contributed by atoms with Crippen LogP contribution in [0.2, 0.25) is 51.5 Å². The van der Waals surface area contributed by atoms with Gasteiger partial charge in [-0.15, -0.1) is 47.0 Å². The normalized spacial score (nSPS) is 10.8. The van der Waals surface area contributed by atoms with Crippen molar-refractivity contribution in [1.29, 1.82) is 0 Å². The lowest BCUT2D eigenvalue weighted by atomic mass is 10.2. The van der Waals surface area contributed by atoms with Gasteiger partial charge in [-0.2, -0.15) is 69.2 Å². The van der Waals surface area contributed by atoms with Crippen molar-refractivity contribution in [2.75, 3.05) is 84.3 Å². The molecule has 6 aromatic heterocycles. The third kappa shape index (κ3) is 27.8. The van der Waals surface area contributed by atoms with E-state index in [4.69, 9.17) is 142 Å². The summed E-state index contributed by atoms with van der Waals surface area (Å²) in [4.78, 5) is 95.0. The van der Waals surface area contributed by atoms with Gasteiger partial charge in [0.2, 0.25) is 66.6 Å². The number of nitrogens with one attached hydrogen (secondary N) is 2. The molecule has 0 aliphatic carbocycles. The van der Waals surface area contributed by atoms with Gasteiger partial charge in [0, 0.05) is 84.1 Å². The van der Waals surface area contributed by atoms with Gasteiger partial charge in [0.05, 0.1) is 33.1 Å². The lowest BCUT2D eigenvalue weighted by molar-refractivity contribution is 0.0992. The molecule has 9 rings (SSSR count). The predicted octanol–water partition coefficient (Wildman–Crippen LogP) is 8.96. The van der Waals surface area contributed by atoms with Gasteiger partial charge < -0.3 is 50.7 Å². The number of nitrogens with zero attached hydrogens (tertiary/aromatic N) is 15. The van der Waals surface area contributed by atoms with Crippen LogP contribution in [0, 0.1) is 0 Å². The maximum Gasteiger partial charge on any atom is 0.248 e. The fourth-order valence-electron chi connectivity index (χ4n) is 5.90. The number of nitrogens with two attached hydrogens (primary N) is 7. The Morgan fingerprint density at radius 3 is 0.978 bits per heavy atom. The fraction of sp³-hybridized carbons (Fsp3) is 0.250. The van der Waals surface area contributed by atoms with Crippen LogP contribution in [-0.2, 0) is 0 Å². The zero-order chi connectivity index (χ0) is 68.4. The molecule has 0 saturated carbocycles. The van der Waals surface area contributed by atoms with Gasteiger partial charge in [-0.25, -0.2) is 29.9 Å². The summed E-state index contributed by atoms with van der Waals surface area (Å²) >= 11 is 62.1. The molecule has 0 radical (unpaired) electrons. The second-order valence-corrected chi connectivity index (χ2v) is 24.7.